The molecule has 0 saturated heterocycles. The van der Waals surface area contributed by atoms with Crippen LogP contribution in [-0.2, 0) is 0 Å². The minimum atomic E-state index is -0.311. The summed E-state index contributed by atoms with van der Waals surface area (Å²) in [4.78, 5) is 12.8. The van der Waals surface area contributed by atoms with E-state index in [2.05, 4.69) is 10.5 Å². The van der Waals surface area contributed by atoms with E-state index in [0.29, 0.717) is 53.0 Å². The maximum atomic E-state index is 12.8. The van der Waals surface area contributed by atoms with Gasteiger partial charge in [0.1, 0.15) is 17.9 Å². The molecule has 0 aliphatic rings. The molecule has 1 aromatic heterocycles. The molecule has 30 heavy (non-hydrogen) atoms. The van der Waals surface area contributed by atoms with Crippen molar-refractivity contribution in [1.82, 2.24) is 10.5 Å². The van der Waals surface area contributed by atoms with Gasteiger partial charge in [-0.1, -0.05) is 23.4 Å². The van der Waals surface area contributed by atoms with E-state index in [1.54, 1.807) is 19.1 Å². The number of aryl methyl sites for hydroxylation is 1. The number of amides is 1. The summed E-state index contributed by atoms with van der Waals surface area (Å²) in [6, 6.07) is 12.8. The number of rotatable bonds is 9. The Bertz CT molecular complexity index is 975. The highest BCUT2D eigenvalue weighted by Gasteiger charge is 2.24. The number of hydrogen-bond acceptors (Lipinski definition) is 7. The third-order valence-corrected chi connectivity index (χ3v) is 4.42. The van der Waals surface area contributed by atoms with Crippen LogP contribution in [0.4, 0.5) is 0 Å². The number of hydrogen-bond donors (Lipinski definition) is 1. The van der Waals surface area contributed by atoms with Gasteiger partial charge in [0.25, 0.3) is 5.91 Å². The van der Waals surface area contributed by atoms with E-state index < -0.39 is 0 Å². The molecule has 1 amide bonds. The molecular weight excluding hydrogens is 388 g/mol. The largest absolute Gasteiger partial charge is 0.493 e. The molecule has 8 heteroatoms. The Hall–Kier alpha value is -3.68. The van der Waals surface area contributed by atoms with Crippen LogP contribution in [0.1, 0.15) is 16.1 Å². The van der Waals surface area contributed by atoms with Crippen LogP contribution in [0.3, 0.4) is 0 Å². The van der Waals surface area contributed by atoms with Crippen LogP contribution >= 0.6 is 0 Å². The summed E-state index contributed by atoms with van der Waals surface area (Å²) >= 11 is 0. The second-order valence-electron chi connectivity index (χ2n) is 6.30. The van der Waals surface area contributed by atoms with Gasteiger partial charge in [-0.3, -0.25) is 4.79 Å². The molecule has 0 spiro atoms. The van der Waals surface area contributed by atoms with Crippen LogP contribution in [-0.4, -0.2) is 45.5 Å². The molecule has 8 nitrogen and oxygen atoms in total. The normalized spacial score (nSPS) is 10.4. The predicted octanol–water partition coefficient (Wildman–Crippen LogP) is 3.48. The Labute approximate surface area is 174 Å². The van der Waals surface area contributed by atoms with Crippen LogP contribution in [0.2, 0.25) is 0 Å². The fraction of sp³-hybridized carbons (Fsp3) is 0.273. The van der Waals surface area contributed by atoms with E-state index in [-0.39, 0.29) is 5.91 Å². The maximum Gasteiger partial charge on any atom is 0.257 e. The summed E-state index contributed by atoms with van der Waals surface area (Å²) in [5, 5.41) is 6.80. The van der Waals surface area contributed by atoms with Gasteiger partial charge in [0, 0.05) is 5.56 Å². The van der Waals surface area contributed by atoms with Gasteiger partial charge in [0.15, 0.2) is 17.3 Å². The Kier molecular flexibility index (Phi) is 6.79. The minimum absolute atomic E-state index is 0.311. The number of carbonyl (C=O) groups excluding carboxylic acids is 1. The van der Waals surface area contributed by atoms with Gasteiger partial charge in [-0.25, -0.2) is 0 Å². The van der Waals surface area contributed by atoms with Crippen molar-refractivity contribution in [2.24, 2.45) is 0 Å². The van der Waals surface area contributed by atoms with E-state index in [0.717, 1.165) is 5.75 Å². The van der Waals surface area contributed by atoms with Crippen molar-refractivity contribution in [2.45, 2.75) is 6.92 Å². The number of methoxy groups -OCH3 is 3. The van der Waals surface area contributed by atoms with Crippen LogP contribution < -0.4 is 24.3 Å². The molecule has 0 fully saturated rings. The number of nitrogens with zero attached hydrogens (tertiary/aromatic N) is 1. The Morgan fingerprint density at radius 2 is 1.70 bits per heavy atom. The van der Waals surface area contributed by atoms with Crippen molar-refractivity contribution >= 4 is 5.91 Å². The number of aromatic nitrogens is 1. The number of para-hydroxylation sites is 1. The number of carbonyl (C=O) groups is 1. The smallest absolute Gasteiger partial charge is 0.257 e. The molecular formula is C22H24N2O6. The first-order chi connectivity index (χ1) is 14.6. The van der Waals surface area contributed by atoms with Crippen molar-refractivity contribution in [3.05, 3.63) is 53.7 Å². The third-order valence-electron chi connectivity index (χ3n) is 4.42. The van der Waals surface area contributed by atoms with E-state index in [4.69, 9.17) is 23.5 Å². The highest BCUT2D eigenvalue weighted by molar-refractivity contribution is 6.00. The standard InChI is InChI=1S/C22H24N2O6/c1-14-19(22(25)23-10-11-29-16-8-6-5-7-9-16)20(30-24-14)15-12-17(26-2)21(28-4)18(13-15)27-3/h5-9,12-13H,10-11H2,1-4H3,(H,23,25). The molecule has 158 valence electrons. The molecule has 3 aromatic rings. The third kappa shape index (κ3) is 4.48. The molecule has 0 saturated carbocycles. The first-order valence-electron chi connectivity index (χ1n) is 9.31. The van der Waals surface area contributed by atoms with E-state index >= 15 is 0 Å². The van der Waals surface area contributed by atoms with Gasteiger partial charge < -0.3 is 28.8 Å². The molecule has 0 unspecified atom stereocenters. The predicted molar refractivity (Wildman–Crippen MR) is 111 cm³/mol. The zero-order valence-corrected chi connectivity index (χ0v) is 17.4. The molecule has 0 atom stereocenters. The van der Waals surface area contributed by atoms with Crippen molar-refractivity contribution in [3.8, 4) is 34.3 Å². The molecule has 0 bridgehead atoms. The van der Waals surface area contributed by atoms with Gasteiger partial charge in [-0.2, -0.15) is 0 Å². The number of nitrogens with one attached hydrogen (secondary N) is 1. The highest BCUT2D eigenvalue weighted by Crippen LogP contribution is 2.42. The van der Waals surface area contributed by atoms with Crippen molar-refractivity contribution in [1.29, 1.82) is 0 Å². The van der Waals surface area contributed by atoms with E-state index in [9.17, 15) is 4.79 Å². The average Bonchev–Trinajstić information content (AvgIpc) is 3.17. The second-order valence-corrected chi connectivity index (χ2v) is 6.30. The van der Waals surface area contributed by atoms with Gasteiger partial charge >= 0.3 is 0 Å². The van der Waals surface area contributed by atoms with Crippen LogP contribution in [0.15, 0.2) is 47.0 Å². The fourth-order valence-electron chi connectivity index (χ4n) is 2.98. The summed E-state index contributed by atoms with van der Waals surface area (Å²) in [5.74, 6) is 2.09. The molecule has 0 aliphatic carbocycles. The molecule has 2 aromatic carbocycles. The molecule has 0 aliphatic heterocycles. The quantitative estimate of drug-likeness (QED) is 0.538. The summed E-state index contributed by atoms with van der Waals surface area (Å²) in [6.45, 7) is 2.37. The van der Waals surface area contributed by atoms with Gasteiger partial charge in [0.05, 0.1) is 33.6 Å². The first-order valence-corrected chi connectivity index (χ1v) is 9.31. The van der Waals surface area contributed by atoms with Gasteiger partial charge in [0.2, 0.25) is 5.75 Å². The molecule has 1 heterocycles. The van der Waals surface area contributed by atoms with Crippen LogP contribution in [0.5, 0.6) is 23.0 Å². The lowest BCUT2D eigenvalue weighted by Crippen LogP contribution is -2.28. The molecule has 3 rings (SSSR count). The molecule has 0 radical (unpaired) electrons. The van der Waals surface area contributed by atoms with Crippen LogP contribution in [0, 0.1) is 6.92 Å². The Balaban J connectivity index is 1.78. The lowest BCUT2D eigenvalue weighted by atomic mass is 10.0. The monoisotopic (exact) mass is 412 g/mol. The van der Waals surface area contributed by atoms with Crippen LogP contribution in [0.25, 0.3) is 11.3 Å². The summed E-state index contributed by atoms with van der Waals surface area (Å²) in [7, 11) is 4.56. The lowest BCUT2D eigenvalue weighted by Gasteiger charge is -2.13. The fourth-order valence-corrected chi connectivity index (χ4v) is 2.98. The van der Waals surface area contributed by atoms with Crippen molar-refractivity contribution in [2.75, 3.05) is 34.5 Å². The Morgan fingerprint density at radius 3 is 2.30 bits per heavy atom. The van der Waals surface area contributed by atoms with Gasteiger partial charge in [-0.15, -0.1) is 0 Å². The molecule has 1 N–H and O–H groups in total. The second kappa shape index (κ2) is 9.69. The summed E-state index contributed by atoms with van der Waals surface area (Å²) in [5.41, 5.74) is 1.39. The summed E-state index contributed by atoms with van der Waals surface area (Å²) in [6.07, 6.45) is 0. The van der Waals surface area contributed by atoms with E-state index in [1.807, 2.05) is 30.3 Å². The lowest BCUT2D eigenvalue weighted by molar-refractivity contribution is 0.0946. The van der Waals surface area contributed by atoms with E-state index in [1.165, 1.54) is 21.3 Å². The van der Waals surface area contributed by atoms with Crippen molar-refractivity contribution in [3.63, 3.8) is 0 Å². The number of ether oxygens (including phenoxy) is 4. The van der Waals surface area contributed by atoms with Gasteiger partial charge in [-0.05, 0) is 31.2 Å². The Morgan fingerprint density at radius 1 is 1.03 bits per heavy atom. The zero-order valence-electron chi connectivity index (χ0n) is 17.4. The number of benzene rings is 2. The maximum absolute atomic E-state index is 12.8. The summed E-state index contributed by atoms with van der Waals surface area (Å²) < 4.78 is 27.2. The van der Waals surface area contributed by atoms with Crippen molar-refractivity contribution < 1.29 is 28.3 Å². The zero-order chi connectivity index (χ0) is 21.5. The SMILES string of the molecule is COc1cc(-c2onc(C)c2C(=O)NCCOc2ccccc2)cc(OC)c1OC. The average molecular weight is 412 g/mol. The minimum Gasteiger partial charge on any atom is -0.493 e. The highest BCUT2D eigenvalue weighted by atomic mass is 16.5. The topological polar surface area (TPSA) is 92.1 Å². The first kappa shape index (κ1) is 21.0.